The van der Waals surface area contributed by atoms with Gasteiger partial charge >= 0.3 is 0 Å². The lowest BCUT2D eigenvalue weighted by atomic mass is 9.95. The molecule has 0 bridgehead atoms. The Labute approximate surface area is 173 Å². The number of amides is 1. The minimum absolute atomic E-state index is 0. The number of nitrogens with zero attached hydrogens (tertiary/aromatic N) is 1. The number of hydrogen-bond acceptors (Lipinski definition) is 2. The van der Waals surface area contributed by atoms with E-state index < -0.39 is 0 Å². The zero-order chi connectivity index (χ0) is 17.5. The molecule has 2 fully saturated rings. The predicted octanol–water partition coefficient (Wildman–Crippen LogP) is 2.95. The normalized spacial score (nSPS) is 19.2. The molecule has 0 aliphatic heterocycles. The molecular weight excluding hydrogens is 439 g/mol. The van der Waals surface area contributed by atoms with Crippen molar-refractivity contribution in [2.75, 3.05) is 20.1 Å². The molecule has 0 atom stereocenters. The Morgan fingerprint density at radius 3 is 2.42 bits per heavy atom. The Morgan fingerprint density at radius 2 is 1.81 bits per heavy atom. The molecule has 1 aromatic carbocycles. The summed E-state index contributed by atoms with van der Waals surface area (Å²) in [5.41, 5.74) is 1.61. The molecule has 26 heavy (non-hydrogen) atoms. The number of carbonyl (C=O) groups is 1. The topological polar surface area (TPSA) is 65.5 Å². The fraction of sp³-hybridized carbons (Fsp3) is 0.600. The number of aliphatic imine (C=N–C) groups is 1. The van der Waals surface area contributed by atoms with Gasteiger partial charge in [-0.3, -0.25) is 9.79 Å². The summed E-state index contributed by atoms with van der Waals surface area (Å²) in [4.78, 5) is 16.4. The lowest BCUT2D eigenvalue weighted by Crippen LogP contribution is -2.47. The van der Waals surface area contributed by atoms with Crippen LogP contribution in [0.3, 0.4) is 0 Å². The first kappa shape index (κ1) is 21.0. The zero-order valence-corrected chi connectivity index (χ0v) is 17.9. The van der Waals surface area contributed by atoms with Gasteiger partial charge in [0.05, 0.1) is 6.54 Å². The van der Waals surface area contributed by atoms with E-state index >= 15 is 0 Å². The fourth-order valence-corrected chi connectivity index (χ4v) is 3.67. The summed E-state index contributed by atoms with van der Waals surface area (Å²) >= 11 is 0. The van der Waals surface area contributed by atoms with E-state index in [0.717, 1.165) is 19.4 Å². The number of benzene rings is 1. The average Bonchev–Trinajstić information content (AvgIpc) is 3.45. The van der Waals surface area contributed by atoms with E-state index in [1.54, 1.807) is 7.05 Å². The fourth-order valence-electron chi connectivity index (χ4n) is 3.67. The van der Waals surface area contributed by atoms with Gasteiger partial charge in [-0.05, 0) is 31.2 Å². The molecule has 2 aliphatic carbocycles. The maximum atomic E-state index is 12.1. The molecule has 3 rings (SSSR count). The third-order valence-corrected chi connectivity index (χ3v) is 5.44. The number of rotatable bonds is 6. The van der Waals surface area contributed by atoms with Gasteiger partial charge < -0.3 is 16.0 Å². The van der Waals surface area contributed by atoms with Crippen LogP contribution in [-0.4, -0.2) is 38.0 Å². The zero-order valence-electron chi connectivity index (χ0n) is 15.6. The number of halogens is 1. The van der Waals surface area contributed by atoms with Gasteiger partial charge in [0.1, 0.15) is 0 Å². The summed E-state index contributed by atoms with van der Waals surface area (Å²) in [6, 6.07) is 11.0. The lowest BCUT2D eigenvalue weighted by molar-refractivity contribution is -0.120. The standard InChI is InChI=1S/C20H30N4O.HI/c1-21-19(22-14-18(25)24-17-10-6-3-7-11-17)23-15-20(12-13-20)16-8-4-2-5-9-16;/h2,4-5,8-9,17H,3,6-7,10-15H2,1H3,(H,24,25)(H2,21,22,23);1H. The SMILES string of the molecule is CN=C(NCC(=O)NC1CCCCC1)NCC1(c2ccccc2)CC1.I. The van der Waals surface area contributed by atoms with Crippen LogP contribution in [0.4, 0.5) is 0 Å². The molecule has 0 heterocycles. The molecule has 1 aromatic rings. The summed E-state index contributed by atoms with van der Waals surface area (Å²) in [5, 5.41) is 9.65. The van der Waals surface area contributed by atoms with Crippen LogP contribution in [0.5, 0.6) is 0 Å². The van der Waals surface area contributed by atoms with Crippen molar-refractivity contribution in [2.24, 2.45) is 4.99 Å². The quantitative estimate of drug-likeness (QED) is 0.340. The molecule has 5 nitrogen and oxygen atoms in total. The van der Waals surface area contributed by atoms with Crippen molar-refractivity contribution in [1.29, 1.82) is 0 Å². The molecule has 2 aliphatic rings. The average molecular weight is 470 g/mol. The molecule has 2 saturated carbocycles. The third kappa shape index (κ3) is 5.86. The summed E-state index contributed by atoms with van der Waals surface area (Å²) in [6.45, 7) is 1.12. The molecule has 3 N–H and O–H groups in total. The maximum absolute atomic E-state index is 12.1. The molecule has 6 heteroatoms. The number of hydrogen-bond donors (Lipinski definition) is 3. The summed E-state index contributed by atoms with van der Waals surface area (Å²) < 4.78 is 0. The monoisotopic (exact) mass is 470 g/mol. The van der Waals surface area contributed by atoms with Gasteiger partial charge in [-0.25, -0.2) is 0 Å². The second-order valence-corrected chi connectivity index (χ2v) is 7.33. The molecular formula is C20H31IN4O. The van der Waals surface area contributed by atoms with Gasteiger partial charge in [0.2, 0.25) is 5.91 Å². The van der Waals surface area contributed by atoms with E-state index in [1.165, 1.54) is 37.7 Å². The summed E-state index contributed by atoms with van der Waals surface area (Å²) in [5.74, 6) is 0.750. The number of guanidine groups is 1. The van der Waals surface area contributed by atoms with E-state index in [2.05, 4.69) is 51.3 Å². The smallest absolute Gasteiger partial charge is 0.239 e. The van der Waals surface area contributed by atoms with Gasteiger partial charge in [-0.15, -0.1) is 24.0 Å². The van der Waals surface area contributed by atoms with E-state index in [0.29, 0.717) is 12.0 Å². The van der Waals surface area contributed by atoms with Crippen molar-refractivity contribution in [1.82, 2.24) is 16.0 Å². The van der Waals surface area contributed by atoms with Crippen molar-refractivity contribution in [3.8, 4) is 0 Å². The van der Waals surface area contributed by atoms with Crippen LogP contribution in [-0.2, 0) is 10.2 Å². The first-order chi connectivity index (χ1) is 12.2. The second-order valence-electron chi connectivity index (χ2n) is 7.33. The minimum atomic E-state index is 0. The first-order valence-corrected chi connectivity index (χ1v) is 9.51. The highest BCUT2D eigenvalue weighted by molar-refractivity contribution is 14.0. The molecule has 1 amide bonds. The van der Waals surface area contributed by atoms with Gasteiger partial charge in [0.25, 0.3) is 0 Å². The summed E-state index contributed by atoms with van der Waals surface area (Å²) in [7, 11) is 1.75. The van der Waals surface area contributed by atoms with Crippen LogP contribution < -0.4 is 16.0 Å². The largest absolute Gasteiger partial charge is 0.356 e. The van der Waals surface area contributed by atoms with Crippen LogP contribution in [0.2, 0.25) is 0 Å². The molecule has 0 spiro atoms. The van der Waals surface area contributed by atoms with Crippen molar-refractivity contribution in [2.45, 2.75) is 56.4 Å². The van der Waals surface area contributed by atoms with E-state index in [9.17, 15) is 4.79 Å². The van der Waals surface area contributed by atoms with Crippen LogP contribution >= 0.6 is 24.0 Å². The highest BCUT2D eigenvalue weighted by atomic mass is 127. The Kier molecular flexibility index (Phi) is 8.18. The predicted molar refractivity (Wildman–Crippen MR) is 117 cm³/mol. The first-order valence-electron chi connectivity index (χ1n) is 9.51. The van der Waals surface area contributed by atoms with Gasteiger partial charge in [-0.2, -0.15) is 0 Å². The van der Waals surface area contributed by atoms with E-state index in [4.69, 9.17) is 0 Å². The number of nitrogens with one attached hydrogen (secondary N) is 3. The van der Waals surface area contributed by atoms with Crippen molar-refractivity contribution in [3.05, 3.63) is 35.9 Å². The Balaban J connectivity index is 0.00000243. The lowest BCUT2D eigenvalue weighted by Gasteiger charge is -2.23. The second kappa shape index (κ2) is 10.1. The Bertz CT molecular complexity index is 595. The van der Waals surface area contributed by atoms with Crippen LogP contribution in [0.25, 0.3) is 0 Å². The van der Waals surface area contributed by atoms with Crippen molar-refractivity contribution in [3.63, 3.8) is 0 Å². The molecule has 0 aromatic heterocycles. The third-order valence-electron chi connectivity index (χ3n) is 5.44. The van der Waals surface area contributed by atoms with E-state index in [1.807, 2.05) is 0 Å². The highest BCUT2D eigenvalue weighted by Gasteiger charge is 2.44. The van der Waals surface area contributed by atoms with Crippen molar-refractivity contribution >= 4 is 35.8 Å². The molecule has 0 radical (unpaired) electrons. The summed E-state index contributed by atoms with van der Waals surface area (Å²) in [6.07, 6.45) is 8.36. The van der Waals surface area contributed by atoms with Crippen molar-refractivity contribution < 1.29 is 4.79 Å². The molecule has 0 saturated heterocycles. The maximum Gasteiger partial charge on any atom is 0.239 e. The van der Waals surface area contributed by atoms with Gasteiger partial charge in [-0.1, -0.05) is 49.6 Å². The van der Waals surface area contributed by atoms with Crippen LogP contribution in [0.15, 0.2) is 35.3 Å². The Morgan fingerprint density at radius 1 is 1.12 bits per heavy atom. The minimum Gasteiger partial charge on any atom is -0.356 e. The van der Waals surface area contributed by atoms with E-state index in [-0.39, 0.29) is 41.8 Å². The molecule has 0 unspecified atom stereocenters. The van der Waals surface area contributed by atoms with Crippen LogP contribution in [0, 0.1) is 0 Å². The van der Waals surface area contributed by atoms with Crippen LogP contribution in [0.1, 0.15) is 50.5 Å². The van der Waals surface area contributed by atoms with Gasteiger partial charge in [0, 0.05) is 25.0 Å². The highest BCUT2D eigenvalue weighted by Crippen LogP contribution is 2.47. The molecule has 144 valence electrons. The Hall–Kier alpha value is -1.31. The number of carbonyl (C=O) groups excluding carboxylic acids is 1. The van der Waals surface area contributed by atoms with Gasteiger partial charge in [0.15, 0.2) is 5.96 Å².